The molecule has 0 radical (unpaired) electrons. The van der Waals surface area contributed by atoms with E-state index in [9.17, 15) is 40.7 Å². The maximum atomic E-state index is 12.7. The zero-order valence-electron chi connectivity index (χ0n) is 14.9. The van der Waals surface area contributed by atoms with E-state index in [-0.39, 0.29) is 18.8 Å². The molecule has 3 N–H and O–H groups in total. The van der Waals surface area contributed by atoms with Crippen LogP contribution in [-0.2, 0) is 19.1 Å². The molecular weight excluding hydrogens is 436 g/mol. The van der Waals surface area contributed by atoms with Gasteiger partial charge in [0.2, 0.25) is 11.8 Å². The van der Waals surface area contributed by atoms with Gasteiger partial charge in [-0.3, -0.25) is 19.1 Å². The van der Waals surface area contributed by atoms with E-state index in [0.29, 0.717) is 13.0 Å². The second-order valence-electron chi connectivity index (χ2n) is 6.71. The summed E-state index contributed by atoms with van der Waals surface area (Å²) >= 11 is 0. The highest BCUT2D eigenvalue weighted by Gasteiger charge is 2.46. The number of ketones is 1. The van der Waals surface area contributed by atoms with Gasteiger partial charge in [0.05, 0.1) is 18.0 Å². The molecule has 2 aliphatic rings. The summed E-state index contributed by atoms with van der Waals surface area (Å²) in [5.74, 6) is -4.95. The second kappa shape index (κ2) is 9.94. The molecule has 0 spiro atoms. The van der Waals surface area contributed by atoms with Gasteiger partial charge in [-0.2, -0.15) is 13.2 Å². The van der Waals surface area contributed by atoms with E-state index in [0.717, 1.165) is 0 Å². The van der Waals surface area contributed by atoms with Gasteiger partial charge >= 0.3 is 12.5 Å². The van der Waals surface area contributed by atoms with Crippen molar-refractivity contribution in [2.45, 2.75) is 43.9 Å². The molecule has 29 heavy (non-hydrogen) atoms. The number of hydrogen-bond acceptors (Lipinski definition) is 5. The number of nitrogens with one attached hydrogen (secondary N) is 3. The molecule has 168 valence electrons. The molecule has 0 aliphatic carbocycles. The summed E-state index contributed by atoms with van der Waals surface area (Å²) < 4.78 is 78.1. The van der Waals surface area contributed by atoms with Crippen LogP contribution in [0.25, 0.3) is 0 Å². The van der Waals surface area contributed by atoms with Gasteiger partial charge in [0.1, 0.15) is 6.61 Å². The molecule has 0 unspecified atom stereocenters. The van der Waals surface area contributed by atoms with Gasteiger partial charge < -0.3 is 16.0 Å². The van der Waals surface area contributed by atoms with Crippen LogP contribution in [0.4, 0.5) is 26.3 Å². The summed E-state index contributed by atoms with van der Waals surface area (Å²) in [7, 11) is 0. The third kappa shape index (κ3) is 7.63. The standard InChI is InChI=1S/C15H19F6N3O4.ClH/c16-14(17,18)8-4-10(23-5-8)13(27)24-9(3-7-1-2-22-12(7)26)11(25)6-28-15(19,20)21;/h7-10,23H,1-6H2,(H,22,26)(H,24,27);1H/t7-,8+,9-,10-;/m0./s1. The molecule has 2 aliphatic heterocycles. The molecule has 2 fully saturated rings. The van der Waals surface area contributed by atoms with E-state index in [1.54, 1.807) is 0 Å². The summed E-state index contributed by atoms with van der Waals surface area (Å²) in [5.41, 5.74) is 0. The van der Waals surface area contributed by atoms with Gasteiger partial charge in [0.25, 0.3) is 0 Å². The minimum absolute atomic E-state index is 0. The number of Topliss-reactive ketones (excluding diaryl/α,β-unsaturated/α-hetero) is 1. The first kappa shape index (κ1) is 25.4. The van der Waals surface area contributed by atoms with Crippen LogP contribution in [0.15, 0.2) is 0 Å². The number of halogens is 7. The van der Waals surface area contributed by atoms with Gasteiger partial charge in [0.15, 0.2) is 5.78 Å². The Morgan fingerprint density at radius 2 is 1.86 bits per heavy atom. The fourth-order valence-corrected chi connectivity index (χ4v) is 3.14. The van der Waals surface area contributed by atoms with Crippen molar-refractivity contribution < 1.29 is 45.5 Å². The Morgan fingerprint density at radius 3 is 2.34 bits per heavy atom. The van der Waals surface area contributed by atoms with Crippen LogP contribution in [-0.4, -0.2) is 61.9 Å². The maximum Gasteiger partial charge on any atom is 0.522 e. The van der Waals surface area contributed by atoms with E-state index < -0.39 is 73.6 Å². The lowest BCUT2D eigenvalue weighted by Crippen LogP contribution is -2.50. The minimum Gasteiger partial charge on any atom is -0.356 e. The first-order valence-electron chi connectivity index (χ1n) is 8.48. The van der Waals surface area contributed by atoms with Gasteiger partial charge in [-0.15, -0.1) is 25.6 Å². The van der Waals surface area contributed by atoms with Crippen molar-refractivity contribution in [1.82, 2.24) is 16.0 Å². The lowest BCUT2D eigenvalue weighted by atomic mass is 9.95. The summed E-state index contributed by atoms with van der Waals surface area (Å²) in [6.07, 6.45) is -10.1. The highest BCUT2D eigenvalue weighted by molar-refractivity contribution is 5.92. The molecule has 2 rings (SSSR count). The molecular formula is C15H20ClF6N3O4. The lowest BCUT2D eigenvalue weighted by molar-refractivity contribution is -0.321. The maximum absolute atomic E-state index is 12.7. The summed E-state index contributed by atoms with van der Waals surface area (Å²) in [6.45, 7) is -1.55. The van der Waals surface area contributed by atoms with Crippen LogP contribution < -0.4 is 16.0 Å². The van der Waals surface area contributed by atoms with Crippen molar-refractivity contribution in [2.24, 2.45) is 11.8 Å². The Labute approximate surface area is 167 Å². The van der Waals surface area contributed by atoms with E-state index in [1.165, 1.54) is 0 Å². The first-order chi connectivity index (χ1) is 12.9. The number of carbonyl (C=O) groups excluding carboxylic acids is 3. The number of hydrogen-bond donors (Lipinski definition) is 3. The van der Waals surface area contributed by atoms with Crippen LogP contribution in [0, 0.1) is 11.8 Å². The zero-order valence-corrected chi connectivity index (χ0v) is 15.7. The van der Waals surface area contributed by atoms with Gasteiger partial charge in [-0.1, -0.05) is 0 Å². The van der Waals surface area contributed by atoms with Crippen LogP contribution in [0.1, 0.15) is 19.3 Å². The molecule has 0 aromatic carbocycles. The fraction of sp³-hybridized carbons (Fsp3) is 0.800. The summed E-state index contributed by atoms with van der Waals surface area (Å²) in [5, 5.41) is 7.04. The molecule has 0 aromatic heterocycles. The number of rotatable bonds is 7. The molecule has 14 heteroatoms. The monoisotopic (exact) mass is 455 g/mol. The Morgan fingerprint density at radius 1 is 1.21 bits per heavy atom. The Balaban J connectivity index is 0.00000420. The van der Waals surface area contributed by atoms with E-state index in [1.807, 2.05) is 0 Å². The second-order valence-corrected chi connectivity index (χ2v) is 6.71. The molecule has 2 saturated heterocycles. The molecule has 2 amide bonds. The number of carbonyl (C=O) groups is 3. The summed E-state index contributed by atoms with van der Waals surface area (Å²) in [6, 6.07) is -2.74. The third-order valence-corrected chi connectivity index (χ3v) is 4.68. The van der Waals surface area contributed by atoms with Crippen molar-refractivity contribution in [3.63, 3.8) is 0 Å². The zero-order chi connectivity index (χ0) is 21.1. The molecule has 2 heterocycles. The largest absolute Gasteiger partial charge is 0.522 e. The molecule has 4 atom stereocenters. The SMILES string of the molecule is Cl.O=C1NCC[C@H]1C[C@H](NC(=O)[C@@H]1C[C@@H](C(F)(F)F)CN1)C(=O)COC(F)(F)F. The van der Waals surface area contributed by atoms with Crippen molar-refractivity contribution in [3.8, 4) is 0 Å². The topological polar surface area (TPSA) is 96.5 Å². The van der Waals surface area contributed by atoms with Crippen molar-refractivity contribution in [2.75, 3.05) is 19.7 Å². The molecule has 0 bridgehead atoms. The third-order valence-electron chi connectivity index (χ3n) is 4.68. The van der Waals surface area contributed by atoms with E-state index in [2.05, 4.69) is 20.7 Å². The predicted octanol–water partition coefficient (Wildman–Crippen LogP) is 1.07. The summed E-state index contributed by atoms with van der Waals surface area (Å²) in [4.78, 5) is 36.0. The van der Waals surface area contributed by atoms with Crippen molar-refractivity contribution in [3.05, 3.63) is 0 Å². The van der Waals surface area contributed by atoms with E-state index >= 15 is 0 Å². The smallest absolute Gasteiger partial charge is 0.356 e. The molecule has 7 nitrogen and oxygen atoms in total. The lowest BCUT2D eigenvalue weighted by Gasteiger charge is -2.22. The van der Waals surface area contributed by atoms with Crippen LogP contribution in [0.3, 0.4) is 0 Å². The molecule has 0 aromatic rings. The number of alkyl halides is 6. The van der Waals surface area contributed by atoms with E-state index in [4.69, 9.17) is 0 Å². The van der Waals surface area contributed by atoms with Crippen LogP contribution in [0.2, 0.25) is 0 Å². The Hall–Kier alpha value is -1.60. The average Bonchev–Trinajstić information content (AvgIpc) is 3.20. The Kier molecular flexibility index (Phi) is 8.72. The predicted molar refractivity (Wildman–Crippen MR) is 87.9 cm³/mol. The van der Waals surface area contributed by atoms with Crippen molar-refractivity contribution >= 4 is 30.0 Å². The normalized spacial score (nSPS) is 25.9. The number of ether oxygens (including phenoxy) is 1. The Bertz CT molecular complexity index is 616. The number of amides is 2. The fourth-order valence-electron chi connectivity index (χ4n) is 3.14. The first-order valence-corrected chi connectivity index (χ1v) is 8.48. The average molecular weight is 456 g/mol. The van der Waals surface area contributed by atoms with Gasteiger partial charge in [-0.25, -0.2) is 0 Å². The van der Waals surface area contributed by atoms with Crippen LogP contribution >= 0.6 is 12.4 Å². The van der Waals surface area contributed by atoms with Crippen LogP contribution in [0.5, 0.6) is 0 Å². The highest BCUT2D eigenvalue weighted by atomic mass is 35.5. The van der Waals surface area contributed by atoms with Gasteiger partial charge in [0, 0.05) is 19.0 Å². The minimum atomic E-state index is -5.07. The van der Waals surface area contributed by atoms with Crippen molar-refractivity contribution in [1.29, 1.82) is 0 Å². The molecule has 0 saturated carbocycles. The quantitative estimate of drug-likeness (QED) is 0.499. The van der Waals surface area contributed by atoms with Gasteiger partial charge in [-0.05, 0) is 19.3 Å². The highest BCUT2D eigenvalue weighted by Crippen LogP contribution is 2.32.